The van der Waals surface area contributed by atoms with E-state index in [2.05, 4.69) is 0 Å². The minimum Gasteiger partial charge on any atom is -0.494 e. The average Bonchev–Trinajstić information content (AvgIpc) is 2.94. The average molecular weight is 339 g/mol. The van der Waals surface area contributed by atoms with Crippen LogP contribution in [0.3, 0.4) is 0 Å². The Bertz CT molecular complexity index is 742. The molecule has 1 aliphatic heterocycles. The number of carboxylic acid groups (broad SMARTS) is 1. The third-order valence-electron chi connectivity index (χ3n) is 4.48. The molecule has 1 aliphatic rings. The second-order valence-corrected chi connectivity index (χ2v) is 6.10. The Morgan fingerprint density at radius 3 is 2.44 bits per heavy atom. The second kappa shape index (κ2) is 7.38. The van der Waals surface area contributed by atoms with Crippen LogP contribution in [0.1, 0.15) is 30.5 Å². The lowest BCUT2D eigenvalue weighted by molar-refractivity contribution is -0.142. The van der Waals surface area contributed by atoms with E-state index in [0.717, 1.165) is 16.9 Å². The van der Waals surface area contributed by atoms with Gasteiger partial charge in [0, 0.05) is 13.0 Å². The van der Waals surface area contributed by atoms with Crippen LogP contribution in [0.4, 0.5) is 0 Å². The summed E-state index contributed by atoms with van der Waals surface area (Å²) in [7, 11) is 0. The second-order valence-electron chi connectivity index (χ2n) is 6.10. The number of carbonyl (C=O) groups excluding carboxylic acids is 1. The Hall–Kier alpha value is -2.82. The van der Waals surface area contributed by atoms with Crippen molar-refractivity contribution in [1.82, 2.24) is 4.90 Å². The van der Waals surface area contributed by atoms with E-state index in [-0.39, 0.29) is 12.3 Å². The van der Waals surface area contributed by atoms with Gasteiger partial charge in [0.1, 0.15) is 5.75 Å². The van der Waals surface area contributed by atoms with Crippen LogP contribution in [-0.4, -0.2) is 28.5 Å². The predicted octanol–water partition coefficient (Wildman–Crippen LogP) is 3.26. The van der Waals surface area contributed by atoms with Crippen molar-refractivity contribution in [3.63, 3.8) is 0 Å². The first-order valence-electron chi connectivity index (χ1n) is 8.39. The molecule has 2 aromatic rings. The monoisotopic (exact) mass is 339 g/mol. The van der Waals surface area contributed by atoms with Crippen molar-refractivity contribution in [3.8, 4) is 5.75 Å². The van der Waals surface area contributed by atoms with Crippen molar-refractivity contribution < 1.29 is 19.4 Å². The molecule has 5 nitrogen and oxygen atoms in total. The van der Waals surface area contributed by atoms with Gasteiger partial charge in [-0.3, -0.25) is 9.59 Å². The van der Waals surface area contributed by atoms with Crippen LogP contribution in [0.15, 0.2) is 54.6 Å². The zero-order chi connectivity index (χ0) is 17.8. The van der Waals surface area contributed by atoms with Gasteiger partial charge in [-0.1, -0.05) is 42.5 Å². The highest BCUT2D eigenvalue weighted by Crippen LogP contribution is 2.39. The quantitative estimate of drug-likeness (QED) is 0.877. The molecule has 1 fully saturated rings. The molecule has 2 atom stereocenters. The molecular formula is C20H21NO4. The lowest BCUT2D eigenvalue weighted by atomic mass is 9.93. The molecule has 1 heterocycles. The molecule has 1 N–H and O–H groups in total. The van der Waals surface area contributed by atoms with E-state index in [1.54, 1.807) is 4.90 Å². The van der Waals surface area contributed by atoms with Gasteiger partial charge in [-0.2, -0.15) is 0 Å². The van der Waals surface area contributed by atoms with Crippen molar-refractivity contribution in [2.24, 2.45) is 5.92 Å². The minimum absolute atomic E-state index is 0.0278. The number of ether oxygens (including phenoxy) is 1. The zero-order valence-electron chi connectivity index (χ0n) is 14.1. The summed E-state index contributed by atoms with van der Waals surface area (Å²) in [4.78, 5) is 25.8. The van der Waals surface area contributed by atoms with Crippen molar-refractivity contribution >= 4 is 11.9 Å². The van der Waals surface area contributed by atoms with Crippen LogP contribution in [-0.2, 0) is 16.1 Å². The normalized spacial score (nSPS) is 19.9. The maximum Gasteiger partial charge on any atom is 0.309 e. The van der Waals surface area contributed by atoms with E-state index in [0.29, 0.717) is 13.2 Å². The van der Waals surface area contributed by atoms with Crippen LogP contribution in [0.5, 0.6) is 5.75 Å². The third-order valence-corrected chi connectivity index (χ3v) is 4.48. The van der Waals surface area contributed by atoms with E-state index in [9.17, 15) is 14.7 Å². The van der Waals surface area contributed by atoms with Gasteiger partial charge in [-0.15, -0.1) is 0 Å². The first-order valence-corrected chi connectivity index (χ1v) is 8.39. The number of hydrogen-bond acceptors (Lipinski definition) is 3. The summed E-state index contributed by atoms with van der Waals surface area (Å²) in [6, 6.07) is 16.5. The number of benzene rings is 2. The van der Waals surface area contributed by atoms with Crippen LogP contribution >= 0.6 is 0 Å². The lowest BCUT2D eigenvalue weighted by Gasteiger charge is -2.27. The van der Waals surface area contributed by atoms with Gasteiger partial charge in [0.2, 0.25) is 5.91 Å². The molecule has 130 valence electrons. The molecule has 2 aromatic carbocycles. The smallest absolute Gasteiger partial charge is 0.309 e. The van der Waals surface area contributed by atoms with E-state index < -0.39 is 17.9 Å². The van der Waals surface area contributed by atoms with E-state index in [1.165, 1.54) is 0 Å². The molecule has 0 unspecified atom stereocenters. The molecule has 0 spiro atoms. The number of aliphatic carboxylic acids is 1. The van der Waals surface area contributed by atoms with Crippen LogP contribution in [0.25, 0.3) is 0 Å². The Balaban J connectivity index is 1.91. The number of nitrogens with zero attached hydrogens (tertiary/aromatic N) is 1. The first kappa shape index (κ1) is 17.0. The highest BCUT2D eigenvalue weighted by molar-refractivity contribution is 5.87. The fraction of sp³-hybridized carbons (Fsp3) is 0.300. The molecule has 1 saturated heterocycles. The molecule has 1 amide bonds. The number of rotatable bonds is 6. The molecule has 25 heavy (non-hydrogen) atoms. The Morgan fingerprint density at radius 2 is 1.84 bits per heavy atom. The molecular weight excluding hydrogens is 318 g/mol. The number of carboxylic acids is 1. The van der Waals surface area contributed by atoms with Crippen LogP contribution in [0.2, 0.25) is 0 Å². The lowest BCUT2D eigenvalue weighted by Crippen LogP contribution is -2.30. The van der Waals surface area contributed by atoms with Crippen molar-refractivity contribution in [3.05, 3.63) is 65.7 Å². The topological polar surface area (TPSA) is 66.8 Å². The minimum atomic E-state index is -0.942. The highest BCUT2D eigenvalue weighted by atomic mass is 16.5. The molecule has 0 aromatic heterocycles. The van der Waals surface area contributed by atoms with Gasteiger partial charge in [-0.05, 0) is 30.2 Å². The molecule has 0 bridgehead atoms. The maximum absolute atomic E-state index is 12.5. The fourth-order valence-electron chi connectivity index (χ4n) is 3.32. The van der Waals surface area contributed by atoms with Gasteiger partial charge in [-0.25, -0.2) is 0 Å². The van der Waals surface area contributed by atoms with E-state index >= 15 is 0 Å². The SMILES string of the molecule is CCOc1ccc([C@H]2[C@H](C(=O)O)CC(=O)N2Cc2ccccc2)cc1. The Kier molecular flexibility index (Phi) is 5.03. The molecule has 0 aliphatic carbocycles. The number of amides is 1. The molecule has 5 heteroatoms. The van der Waals surface area contributed by atoms with Crippen LogP contribution < -0.4 is 4.74 Å². The zero-order valence-corrected chi connectivity index (χ0v) is 14.1. The summed E-state index contributed by atoms with van der Waals surface area (Å²) in [6.45, 7) is 2.88. The van der Waals surface area contributed by atoms with Crippen molar-refractivity contribution in [2.45, 2.75) is 25.9 Å². The summed E-state index contributed by atoms with van der Waals surface area (Å²) in [6.07, 6.45) is 0.0278. The number of likely N-dealkylation sites (tertiary alicyclic amines) is 1. The molecule has 0 saturated carbocycles. The third kappa shape index (κ3) is 3.65. The number of carbonyl (C=O) groups is 2. The number of hydrogen-bond donors (Lipinski definition) is 1. The summed E-state index contributed by atoms with van der Waals surface area (Å²) >= 11 is 0. The van der Waals surface area contributed by atoms with E-state index in [4.69, 9.17) is 4.74 Å². The summed E-state index contributed by atoms with van der Waals surface area (Å²) in [5.74, 6) is -1.08. The summed E-state index contributed by atoms with van der Waals surface area (Å²) < 4.78 is 5.44. The summed E-state index contributed by atoms with van der Waals surface area (Å²) in [5.41, 5.74) is 1.80. The van der Waals surface area contributed by atoms with E-state index in [1.807, 2.05) is 61.5 Å². The largest absolute Gasteiger partial charge is 0.494 e. The van der Waals surface area contributed by atoms with Gasteiger partial charge in [0.05, 0.1) is 18.6 Å². The molecule has 0 radical (unpaired) electrons. The predicted molar refractivity (Wildman–Crippen MR) is 93.1 cm³/mol. The van der Waals surface area contributed by atoms with Gasteiger partial charge >= 0.3 is 5.97 Å². The Labute approximate surface area is 146 Å². The summed E-state index contributed by atoms with van der Waals surface area (Å²) in [5, 5.41) is 9.58. The van der Waals surface area contributed by atoms with Gasteiger partial charge in [0.25, 0.3) is 0 Å². The van der Waals surface area contributed by atoms with Crippen molar-refractivity contribution in [1.29, 1.82) is 0 Å². The standard InChI is InChI=1S/C20H21NO4/c1-2-25-16-10-8-15(9-11-16)19-17(20(23)24)12-18(22)21(19)13-14-6-4-3-5-7-14/h3-11,17,19H,2,12-13H2,1H3,(H,23,24)/t17-,19+/m1/s1. The highest BCUT2D eigenvalue weighted by Gasteiger charge is 2.44. The van der Waals surface area contributed by atoms with Crippen LogP contribution in [0, 0.1) is 5.92 Å². The fourth-order valence-corrected chi connectivity index (χ4v) is 3.32. The molecule has 3 rings (SSSR count). The first-order chi connectivity index (χ1) is 12.1. The van der Waals surface area contributed by atoms with Gasteiger partial charge in [0.15, 0.2) is 0 Å². The maximum atomic E-state index is 12.5. The van der Waals surface area contributed by atoms with Crippen molar-refractivity contribution in [2.75, 3.05) is 6.61 Å². The Morgan fingerprint density at radius 1 is 1.16 bits per heavy atom. The van der Waals surface area contributed by atoms with Gasteiger partial charge < -0.3 is 14.7 Å².